The van der Waals surface area contributed by atoms with Gasteiger partial charge in [0, 0.05) is 30.6 Å². The molecule has 0 radical (unpaired) electrons. The van der Waals surface area contributed by atoms with Crippen molar-refractivity contribution < 1.29 is 4.79 Å². The van der Waals surface area contributed by atoms with Crippen molar-refractivity contribution in [2.75, 3.05) is 0 Å². The maximum Gasteiger partial charge on any atom is 0.164 e. The van der Waals surface area contributed by atoms with E-state index < -0.39 is 0 Å². The molecule has 3 nitrogen and oxygen atoms in total. The number of ketones is 1. The van der Waals surface area contributed by atoms with Gasteiger partial charge in [0.25, 0.3) is 0 Å². The van der Waals surface area contributed by atoms with Gasteiger partial charge in [-0.25, -0.2) is 0 Å². The molecule has 2 heterocycles. The molecule has 0 N–H and O–H groups in total. The second kappa shape index (κ2) is 4.61. The van der Waals surface area contributed by atoms with Crippen LogP contribution in [0.5, 0.6) is 0 Å². The number of carbonyl (C=O) groups is 1. The maximum atomic E-state index is 11.9. The van der Waals surface area contributed by atoms with Crippen LogP contribution in [0.25, 0.3) is 0 Å². The van der Waals surface area contributed by atoms with Crippen molar-refractivity contribution in [3.63, 3.8) is 0 Å². The van der Waals surface area contributed by atoms with Crippen LogP contribution in [0.3, 0.4) is 0 Å². The minimum atomic E-state index is 0.225. The zero-order chi connectivity index (χ0) is 11.5. The van der Waals surface area contributed by atoms with Crippen LogP contribution in [0.4, 0.5) is 0 Å². The smallest absolute Gasteiger partial charge is 0.164 e. The van der Waals surface area contributed by atoms with Crippen molar-refractivity contribution in [2.45, 2.75) is 19.8 Å². The Labute approximate surface area is 98.7 Å². The molecule has 0 amide bonds. The summed E-state index contributed by atoms with van der Waals surface area (Å²) in [7, 11) is 1.88. The Morgan fingerprint density at radius 2 is 2.31 bits per heavy atom. The molecule has 0 aliphatic carbocycles. The van der Waals surface area contributed by atoms with Crippen LogP contribution in [0.1, 0.15) is 27.9 Å². The Morgan fingerprint density at radius 3 is 2.88 bits per heavy atom. The normalized spacial score (nSPS) is 10.6. The number of thiophene rings is 1. The first-order chi connectivity index (χ1) is 7.66. The fraction of sp³-hybridized carbons (Fsp3) is 0.333. The van der Waals surface area contributed by atoms with E-state index >= 15 is 0 Å². The standard InChI is InChI=1S/C12H14N2OS/c1-9-7-16-8-11(9)12(15)4-3-10-5-13-14(2)6-10/h5-8H,3-4H2,1-2H3. The lowest BCUT2D eigenvalue weighted by Gasteiger charge is -1.98. The fourth-order valence-corrected chi connectivity index (χ4v) is 2.49. The minimum Gasteiger partial charge on any atom is -0.294 e. The zero-order valence-electron chi connectivity index (χ0n) is 9.43. The molecule has 4 heteroatoms. The van der Waals surface area contributed by atoms with Crippen LogP contribution in [0.15, 0.2) is 23.2 Å². The van der Waals surface area contributed by atoms with E-state index in [0.717, 1.165) is 23.1 Å². The van der Waals surface area contributed by atoms with Crippen molar-refractivity contribution in [3.05, 3.63) is 39.8 Å². The molecule has 0 atom stereocenters. The van der Waals surface area contributed by atoms with Crippen molar-refractivity contribution >= 4 is 17.1 Å². The third kappa shape index (κ3) is 2.39. The molecular formula is C12H14N2OS. The molecule has 0 bridgehead atoms. The van der Waals surface area contributed by atoms with Crippen LogP contribution in [-0.2, 0) is 13.5 Å². The minimum absolute atomic E-state index is 0.225. The number of rotatable bonds is 4. The second-order valence-electron chi connectivity index (χ2n) is 3.91. The molecule has 0 saturated heterocycles. The van der Waals surface area contributed by atoms with E-state index in [2.05, 4.69) is 5.10 Å². The molecule has 0 aliphatic heterocycles. The zero-order valence-corrected chi connectivity index (χ0v) is 10.3. The van der Waals surface area contributed by atoms with E-state index in [1.54, 1.807) is 16.0 Å². The number of hydrogen-bond acceptors (Lipinski definition) is 3. The molecule has 2 aromatic heterocycles. The van der Waals surface area contributed by atoms with E-state index in [0.29, 0.717) is 6.42 Å². The number of Topliss-reactive ketones (excluding diaryl/α,β-unsaturated/α-hetero) is 1. The van der Waals surface area contributed by atoms with E-state index in [9.17, 15) is 4.79 Å². The number of aryl methyl sites for hydroxylation is 3. The molecule has 0 fully saturated rings. The average Bonchev–Trinajstić information content (AvgIpc) is 2.84. The van der Waals surface area contributed by atoms with Crippen LogP contribution >= 0.6 is 11.3 Å². The van der Waals surface area contributed by atoms with Crippen molar-refractivity contribution in [1.82, 2.24) is 9.78 Å². The molecule has 16 heavy (non-hydrogen) atoms. The Morgan fingerprint density at radius 1 is 1.50 bits per heavy atom. The van der Waals surface area contributed by atoms with Crippen LogP contribution < -0.4 is 0 Å². The molecule has 2 aromatic rings. The van der Waals surface area contributed by atoms with Crippen molar-refractivity contribution in [2.24, 2.45) is 7.05 Å². The summed E-state index contributed by atoms with van der Waals surface area (Å²) >= 11 is 1.58. The van der Waals surface area contributed by atoms with E-state index in [-0.39, 0.29) is 5.78 Å². The third-order valence-electron chi connectivity index (χ3n) is 2.56. The van der Waals surface area contributed by atoms with Gasteiger partial charge in [0.2, 0.25) is 0 Å². The summed E-state index contributed by atoms with van der Waals surface area (Å²) in [5, 5.41) is 8.02. The van der Waals surface area contributed by atoms with Gasteiger partial charge in [-0.1, -0.05) is 0 Å². The SMILES string of the molecule is Cc1cscc1C(=O)CCc1cnn(C)c1. The summed E-state index contributed by atoms with van der Waals surface area (Å²) in [5.74, 6) is 0.225. The first kappa shape index (κ1) is 11.1. The quantitative estimate of drug-likeness (QED) is 0.762. The topological polar surface area (TPSA) is 34.9 Å². The predicted molar refractivity (Wildman–Crippen MR) is 64.9 cm³/mol. The highest BCUT2D eigenvalue weighted by Crippen LogP contribution is 2.16. The van der Waals surface area contributed by atoms with Gasteiger partial charge in [-0.05, 0) is 29.9 Å². The van der Waals surface area contributed by atoms with Crippen molar-refractivity contribution in [3.8, 4) is 0 Å². The number of carbonyl (C=O) groups excluding carboxylic acids is 1. The summed E-state index contributed by atoms with van der Waals surface area (Å²) in [5.41, 5.74) is 3.07. The summed E-state index contributed by atoms with van der Waals surface area (Å²) in [6.07, 6.45) is 5.09. The average molecular weight is 234 g/mol. The van der Waals surface area contributed by atoms with Gasteiger partial charge in [0.05, 0.1) is 6.20 Å². The predicted octanol–water partition coefficient (Wildman–Crippen LogP) is 2.61. The van der Waals surface area contributed by atoms with Gasteiger partial charge in [0.1, 0.15) is 0 Å². The summed E-state index contributed by atoms with van der Waals surface area (Å²) in [6.45, 7) is 1.98. The van der Waals surface area contributed by atoms with Crippen molar-refractivity contribution in [1.29, 1.82) is 0 Å². The molecule has 0 aromatic carbocycles. The van der Waals surface area contributed by atoms with Gasteiger partial charge in [-0.2, -0.15) is 16.4 Å². The van der Waals surface area contributed by atoms with E-state index in [1.807, 2.05) is 37.1 Å². The lowest BCUT2D eigenvalue weighted by atomic mass is 10.0. The largest absolute Gasteiger partial charge is 0.294 e. The van der Waals surface area contributed by atoms with Crippen LogP contribution in [0.2, 0.25) is 0 Å². The highest BCUT2D eigenvalue weighted by molar-refractivity contribution is 7.08. The Hall–Kier alpha value is -1.42. The summed E-state index contributed by atoms with van der Waals surface area (Å²) < 4.78 is 1.76. The van der Waals surface area contributed by atoms with E-state index in [4.69, 9.17) is 0 Å². The molecule has 0 aliphatic rings. The lowest BCUT2D eigenvalue weighted by Crippen LogP contribution is -2.00. The molecular weight excluding hydrogens is 220 g/mol. The molecule has 0 unspecified atom stereocenters. The highest BCUT2D eigenvalue weighted by Gasteiger charge is 2.10. The molecule has 84 valence electrons. The van der Waals surface area contributed by atoms with Crippen LogP contribution in [0, 0.1) is 6.92 Å². The van der Waals surface area contributed by atoms with E-state index in [1.165, 1.54) is 0 Å². The Bertz CT molecular complexity index is 499. The molecule has 0 saturated carbocycles. The molecule has 2 rings (SSSR count). The summed E-state index contributed by atoms with van der Waals surface area (Å²) in [6, 6.07) is 0. The second-order valence-corrected chi connectivity index (χ2v) is 4.66. The fourth-order valence-electron chi connectivity index (χ4n) is 1.64. The Kier molecular flexibility index (Phi) is 3.19. The lowest BCUT2D eigenvalue weighted by molar-refractivity contribution is 0.0982. The van der Waals surface area contributed by atoms with Gasteiger partial charge >= 0.3 is 0 Å². The third-order valence-corrected chi connectivity index (χ3v) is 3.42. The summed E-state index contributed by atoms with van der Waals surface area (Å²) in [4.78, 5) is 11.9. The monoisotopic (exact) mass is 234 g/mol. The number of nitrogens with zero attached hydrogens (tertiary/aromatic N) is 2. The number of hydrogen-bond donors (Lipinski definition) is 0. The maximum absolute atomic E-state index is 11.9. The van der Waals surface area contributed by atoms with Gasteiger partial charge in [-0.15, -0.1) is 0 Å². The highest BCUT2D eigenvalue weighted by atomic mass is 32.1. The van der Waals surface area contributed by atoms with Gasteiger partial charge < -0.3 is 0 Å². The van der Waals surface area contributed by atoms with Gasteiger partial charge in [-0.3, -0.25) is 9.48 Å². The number of aromatic nitrogens is 2. The molecule has 0 spiro atoms. The first-order valence-electron chi connectivity index (χ1n) is 5.20. The first-order valence-corrected chi connectivity index (χ1v) is 6.14. The van der Waals surface area contributed by atoms with Crippen LogP contribution in [-0.4, -0.2) is 15.6 Å². The van der Waals surface area contributed by atoms with Gasteiger partial charge in [0.15, 0.2) is 5.78 Å². The Balaban J connectivity index is 1.96.